The molecule has 0 aliphatic heterocycles. The smallest absolute Gasteiger partial charge is 0.293 e. The fraction of sp³-hybridized carbons (Fsp3) is 0.125. The number of hydrogen-bond donors (Lipinski definition) is 0. The summed E-state index contributed by atoms with van der Waals surface area (Å²) in [5.41, 5.74) is -1.60. The van der Waals surface area contributed by atoms with Gasteiger partial charge in [0.25, 0.3) is 0 Å². The third kappa shape index (κ3) is 2.27. The fourth-order valence-electron chi connectivity index (χ4n) is 0.962. The lowest BCUT2D eigenvalue weighted by atomic mass is 10.1. The number of Topliss-reactive ketones (excluding diaryl/α,β-unsaturated/α-hetero) is 1. The normalized spacial score (nSPS) is 10.1. The van der Waals surface area contributed by atoms with Gasteiger partial charge < -0.3 is 0 Å². The number of benzene rings is 1. The molecule has 0 radical (unpaired) electrons. The van der Waals surface area contributed by atoms with E-state index in [1.807, 2.05) is 0 Å². The van der Waals surface area contributed by atoms with Crippen LogP contribution in [0.3, 0.4) is 0 Å². The van der Waals surface area contributed by atoms with Crippen LogP contribution in [-0.2, 0) is 0 Å². The lowest BCUT2D eigenvalue weighted by molar-refractivity contribution is -0.387. The minimum atomic E-state index is -1.27. The van der Waals surface area contributed by atoms with Crippen LogP contribution in [0.15, 0.2) is 12.1 Å². The zero-order valence-corrected chi connectivity index (χ0v) is 7.92. The number of nitro benzene ring substituents is 1. The highest BCUT2D eigenvalue weighted by Crippen LogP contribution is 2.21. The molecule has 0 spiro atoms. The number of alkyl halides is 1. The van der Waals surface area contributed by atoms with Gasteiger partial charge in [0.2, 0.25) is 5.82 Å². The maximum Gasteiger partial charge on any atom is 0.307 e. The summed E-state index contributed by atoms with van der Waals surface area (Å²) >= 11 is 5.14. The van der Waals surface area contributed by atoms with E-state index < -0.39 is 39.5 Å². The maximum absolute atomic E-state index is 13.1. The van der Waals surface area contributed by atoms with Gasteiger partial charge in [-0.05, 0) is 6.07 Å². The van der Waals surface area contributed by atoms with Gasteiger partial charge in [0, 0.05) is 0 Å². The standard InChI is InChI=1S/C8H4ClF2NO3/c9-3-8(13)4-1-6(11)7(12(14)15)2-5(4)10/h1-2H,3H2. The van der Waals surface area contributed by atoms with Gasteiger partial charge in [-0.15, -0.1) is 11.6 Å². The number of nitrogens with zero attached hydrogens (tertiary/aromatic N) is 1. The van der Waals surface area contributed by atoms with Crippen LogP contribution in [0.5, 0.6) is 0 Å². The van der Waals surface area contributed by atoms with Gasteiger partial charge in [-0.25, -0.2) is 4.39 Å². The summed E-state index contributed by atoms with van der Waals surface area (Å²) in [5, 5.41) is 10.2. The van der Waals surface area contributed by atoms with E-state index in [0.717, 1.165) is 0 Å². The summed E-state index contributed by atoms with van der Waals surface area (Å²) < 4.78 is 26.1. The highest BCUT2D eigenvalue weighted by molar-refractivity contribution is 6.30. The van der Waals surface area contributed by atoms with Crippen LogP contribution < -0.4 is 0 Å². The Hall–Kier alpha value is -1.56. The Balaban J connectivity index is 3.31. The van der Waals surface area contributed by atoms with E-state index >= 15 is 0 Å². The molecule has 0 atom stereocenters. The molecule has 80 valence electrons. The Bertz CT molecular complexity index is 436. The molecule has 0 aromatic heterocycles. The largest absolute Gasteiger partial charge is 0.307 e. The molecule has 4 nitrogen and oxygen atoms in total. The molecule has 0 unspecified atom stereocenters. The van der Waals surface area contributed by atoms with Gasteiger partial charge in [0.05, 0.1) is 22.4 Å². The summed E-state index contributed by atoms with van der Waals surface area (Å²) in [7, 11) is 0. The summed E-state index contributed by atoms with van der Waals surface area (Å²) in [6, 6.07) is 0.827. The topological polar surface area (TPSA) is 60.2 Å². The molecule has 0 heterocycles. The molecular formula is C8H4ClF2NO3. The number of carbonyl (C=O) groups excluding carboxylic acids is 1. The first-order valence-electron chi connectivity index (χ1n) is 3.70. The summed E-state index contributed by atoms with van der Waals surface area (Å²) in [6.45, 7) is 0. The van der Waals surface area contributed by atoms with Crippen molar-refractivity contribution >= 4 is 23.1 Å². The Morgan fingerprint density at radius 2 is 2.00 bits per heavy atom. The molecule has 0 saturated heterocycles. The molecule has 0 bridgehead atoms. The molecule has 0 amide bonds. The van der Waals surface area contributed by atoms with Crippen LogP contribution in [0, 0.1) is 21.7 Å². The lowest BCUT2D eigenvalue weighted by Gasteiger charge is -2.00. The average molecular weight is 236 g/mol. The third-order valence-electron chi connectivity index (χ3n) is 1.65. The van der Waals surface area contributed by atoms with Crippen molar-refractivity contribution in [3.63, 3.8) is 0 Å². The van der Waals surface area contributed by atoms with Crippen molar-refractivity contribution < 1.29 is 18.5 Å². The van der Waals surface area contributed by atoms with Crippen molar-refractivity contribution in [3.8, 4) is 0 Å². The number of hydrogen-bond acceptors (Lipinski definition) is 3. The van der Waals surface area contributed by atoms with Crippen LogP contribution in [0.1, 0.15) is 10.4 Å². The second-order valence-electron chi connectivity index (χ2n) is 2.60. The van der Waals surface area contributed by atoms with Gasteiger partial charge in [0.1, 0.15) is 5.82 Å². The zero-order chi connectivity index (χ0) is 11.6. The highest BCUT2D eigenvalue weighted by atomic mass is 35.5. The predicted molar refractivity (Wildman–Crippen MR) is 48.1 cm³/mol. The number of ketones is 1. The minimum Gasteiger partial charge on any atom is -0.293 e. The van der Waals surface area contributed by atoms with E-state index in [2.05, 4.69) is 0 Å². The molecule has 15 heavy (non-hydrogen) atoms. The molecule has 1 rings (SSSR count). The van der Waals surface area contributed by atoms with Crippen molar-refractivity contribution in [3.05, 3.63) is 39.4 Å². The second-order valence-corrected chi connectivity index (χ2v) is 2.86. The number of halogens is 3. The van der Waals surface area contributed by atoms with Crippen LogP contribution in [0.2, 0.25) is 0 Å². The molecule has 1 aromatic carbocycles. The van der Waals surface area contributed by atoms with Crippen LogP contribution in [0.25, 0.3) is 0 Å². The van der Waals surface area contributed by atoms with Gasteiger partial charge in [-0.2, -0.15) is 4.39 Å². The van der Waals surface area contributed by atoms with Crippen molar-refractivity contribution in [1.82, 2.24) is 0 Å². The highest BCUT2D eigenvalue weighted by Gasteiger charge is 2.21. The van der Waals surface area contributed by atoms with Crippen molar-refractivity contribution in [2.45, 2.75) is 0 Å². The van der Waals surface area contributed by atoms with Crippen LogP contribution in [-0.4, -0.2) is 16.6 Å². The zero-order valence-electron chi connectivity index (χ0n) is 7.17. The van der Waals surface area contributed by atoms with Crippen molar-refractivity contribution in [2.75, 3.05) is 5.88 Å². The van der Waals surface area contributed by atoms with Gasteiger partial charge in [-0.3, -0.25) is 14.9 Å². The maximum atomic E-state index is 13.1. The first-order valence-corrected chi connectivity index (χ1v) is 4.23. The Labute approximate surface area is 87.6 Å². The number of carbonyl (C=O) groups is 1. The molecule has 0 aliphatic carbocycles. The van der Waals surface area contributed by atoms with Crippen molar-refractivity contribution in [1.29, 1.82) is 0 Å². The molecule has 0 N–H and O–H groups in total. The summed E-state index contributed by atoms with van der Waals surface area (Å²) in [4.78, 5) is 20.1. The number of nitro groups is 1. The van der Waals surface area contributed by atoms with Crippen LogP contribution >= 0.6 is 11.6 Å². The Morgan fingerprint density at radius 3 is 2.47 bits per heavy atom. The monoisotopic (exact) mass is 235 g/mol. The van der Waals surface area contributed by atoms with E-state index in [9.17, 15) is 23.7 Å². The Kier molecular flexibility index (Phi) is 3.31. The van der Waals surface area contributed by atoms with Gasteiger partial charge in [0.15, 0.2) is 5.78 Å². The van der Waals surface area contributed by atoms with E-state index in [4.69, 9.17) is 11.6 Å². The summed E-state index contributed by atoms with van der Waals surface area (Å²) in [5.74, 6) is -3.78. The number of rotatable bonds is 3. The molecule has 0 aliphatic rings. The Morgan fingerprint density at radius 1 is 1.40 bits per heavy atom. The first kappa shape index (κ1) is 11.5. The average Bonchev–Trinajstić information content (AvgIpc) is 2.19. The predicted octanol–water partition coefficient (Wildman–Crippen LogP) is 2.29. The van der Waals surface area contributed by atoms with Gasteiger partial charge in [-0.1, -0.05) is 0 Å². The minimum absolute atomic E-state index is 0.356. The van der Waals surface area contributed by atoms with Crippen LogP contribution in [0.4, 0.5) is 14.5 Å². The van der Waals surface area contributed by atoms with E-state index in [1.54, 1.807) is 0 Å². The van der Waals surface area contributed by atoms with E-state index in [1.165, 1.54) is 0 Å². The quantitative estimate of drug-likeness (QED) is 0.350. The lowest BCUT2D eigenvalue weighted by Crippen LogP contribution is -2.06. The molecule has 0 fully saturated rings. The molecule has 0 saturated carbocycles. The van der Waals surface area contributed by atoms with Crippen molar-refractivity contribution in [2.24, 2.45) is 0 Å². The third-order valence-corrected chi connectivity index (χ3v) is 1.90. The SMILES string of the molecule is O=C(CCl)c1cc(F)c([N+](=O)[O-])cc1F. The molecule has 1 aromatic rings. The molecule has 7 heteroatoms. The van der Waals surface area contributed by atoms with E-state index in [0.29, 0.717) is 12.1 Å². The molecular weight excluding hydrogens is 232 g/mol. The second kappa shape index (κ2) is 4.31. The first-order chi connectivity index (χ1) is 6.97. The fourth-order valence-corrected chi connectivity index (χ4v) is 1.11. The van der Waals surface area contributed by atoms with Gasteiger partial charge >= 0.3 is 5.69 Å². The summed E-state index contributed by atoms with van der Waals surface area (Å²) in [6.07, 6.45) is 0. The van der Waals surface area contributed by atoms with E-state index in [-0.39, 0.29) is 0 Å².